The normalized spacial score (nSPS) is 18.5. The Morgan fingerprint density at radius 2 is 1.86 bits per heavy atom. The van der Waals surface area contributed by atoms with E-state index in [2.05, 4.69) is 31.2 Å². The summed E-state index contributed by atoms with van der Waals surface area (Å²) in [6.07, 6.45) is 7.98. The number of ether oxygens (including phenoxy) is 1. The first-order valence-corrected chi connectivity index (χ1v) is 11.7. The minimum absolute atomic E-state index is 0.0283. The number of benzene rings is 1. The molecular formula is C23H33Cl2NO3. The summed E-state index contributed by atoms with van der Waals surface area (Å²) in [5.74, 6) is -0.152. The van der Waals surface area contributed by atoms with Crippen LogP contribution in [-0.2, 0) is 16.0 Å². The van der Waals surface area contributed by atoms with Gasteiger partial charge in [-0.05, 0) is 44.1 Å². The predicted octanol–water partition coefficient (Wildman–Crippen LogP) is 6.32. The average molecular weight is 442 g/mol. The fourth-order valence-electron chi connectivity index (χ4n) is 3.76. The van der Waals surface area contributed by atoms with E-state index in [1.165, 1.54) is 10.5 Å². The lowest BCUT2D eigenvalue weighted by molar-refractivity contribution is -0.129. The molecule has 1 aromatic carbocycles. The Hall–Kier alpha value is -1.26. The monoisotopic (exact) mass is 441 g/mol. The van der Waals surface area contributed by atoms with Gasteiger partial charge in [0.1, 0.15) is 6.61 Å². The van der Waals surface area contributed by atoms with Crippen molar-refractivity contribution in [2.75, 3.05) is 6.61 Å². The molecule has 1 aliphatic heterocycles. The number of alkyl halides is 2. The topological polar surface area (TPSA) is 46.6 Å². The molecule has 1 aliphatic rings. The standard InChI is InChI=1S/C23H33Cl2NO3/c1-2-10-19(24)15-20(25)16-21-17-29-23(28)26(21)22(27)14-9-4-3-6-11-18-12-7-5-8-13-18/h5,7-8,12-13,19-21H,2-4,6,9-11,14-17H2,1H3. The zero-order valence-electron chi connectivity index (χ0n) is 17.3. The van der Waals surface area contributed by atoms with E-state index in [9.17, 15) is 9.59 Å². The molecule has 162 valence electrons. The minimum Gasteiger partial charge on any atom is -0.447 e. The van der Waals surface area contributed by atoms with Crippen molar-refractivity contribution in [2.45, 2.75) is 87.9 Å². The van der Waals surface area contributed by atoms with Crippen molar-refractivity contribution in [1.82, 2.24) is 4.90 Å². The van der Waals surface area contributed by atoms with Gasteiger partial charge in [0.15, 0.2) is 0 Å². The van der Waals surface area contributed by atoms with Crippen molar-refractivity contribution < 1.29 is 14.3 Å². The van der Waals surface area contributed by atoms with Crippen LogP contribution < -0.4 is 0 Å². The van der Waals surface area contributed by atoms with Gasteiger partial charge in [-0.3, -0.25) is 4.79 Å². The number of aryl methyl sites for hydroxylation is 1. The van der Waals surface area contributed by atoms with E-state index in [0.29, 0.717) is 19.3 Å². The maximum atomic E-state index is 12.6. The van der Waals surface area contributed by atoms with Crippen LogP contribution in [0.25, 0.3) is 0 Å². The molecule has 29 heavy (non-hydrogen) atoms. The third-order valence-corrected chi connectivity index (χ3v) is 6.07. The van der Waals surface area contributed by atoms with Gasteiger partial charge >= 0.3 is 6.09 Å². The third kappa shape index (κ3) is 8.55. The van der Waals surface area contributed by atoms with Crippen LogP contribution in [0.3, 0.4) is 0 Å². The highest BCUT2D eigenvalue weighted by Gasteiger charge is 2.38. The molecule has 0 aromatic heterocycles. The molecule has 3 unspecified atom stereocenters. The maximum absolute atomic E-state index is 12.6. The lowest BCUT2D eigenvalue weighted by Crippen LogP contribution is -2.40. The van der Waals surface area contributed by atoms with E-state index in [1.807, 2.05) is 6.07 Å². The molecule has 0 bridgehead atoms. The number of carbonyl (C=O) groups is 2. The molecule has 2 amide bonds. The van der Waals surface area contributed by atoms with Crippen molar-refractivity contribution in [1.29, 1.82) is 0 Å². The Kier molecular flexibility index (Phi) is 10.9. The van der Waals surface area contributed by atoms with Gasteiger partial charge in [-0.1, -0.05) is 56.5 Å². The fourth-order valence-corrected chi connectivity index (χ4v) is 4.71. The Balaban J connectivity index is 1.68. The summed E-state index contributed by atoms with van der Waals surface area (Å²) in [5.41, 5.74) is 1.35. The molecule has 0 N–H and O–H groups in total. The maximum Gasteiger partial charge on any atom is 0.416 e. The van der Waals surface area contributed by atoms with Gasteiger partial charge in [0.2, 0.25) is 5.91 Å². The molecule has 0 aliphatic carbocycles. The molecule has 0 radical (unpaired) electrons. The van der Waals surface area contributed by atoms with Crippen molar-refractivity contribution in [3.05, 3.63) is 35.9 Å². The highest BCUT2D eigenvalue weighted by molar-refractivity contribution is 6.23. The summed E-state index contributed by atoms with van der Waals surface area (Å²) < 4.78 is 5.12. The first kappa shape index (κ1) is 24.0. The lowest BCUT2D eigenvalue weighted by atomic mass is 10.0. The van der Waals surface area contributed by atoms with Gasteiger partial charge < -0.3 is 4.74 Å². The highest BCUT2D eigenvalue weighted by atomic mass is 35.5. The Morgan fingerprint density at radius 3 is 2.59 bits per heavy atom. The molecule has 1 heterocycles. The predicted molar refractivity (Wildman–Crippen MR) is 119 cm³/mol. The molecule has 0 saturated carbocycles. The van der Waals surface area contributed by atoms with Gasteiger partial charge in [-0.2, -0.15) is 0 Å². The van der Waals surface area contributed by atoms with Crippen LogP contribution in [0.1, 0.15) is 70.3 Å². The number of cyclic esters (lactones) is 1. The molecule has 6 heteroatoms. The molecule has 0 spiro atoms. The van der Waals surface area contributed by atoms with Crippen LogP contribution >= 0.6 is 23.2 Å². The SMILES string of the molecule is CCCC(Cl)CC(Cl)CC1COC(=O)N1C(=O)CCCCCCc1ccccc1. The number of imide groups is 1. The highest BCUT2D eigenvalue weighted by Crippen LogP contribution is 2.25. The first-order valence-electron chi connectivity index (χ1n) is 10.8. The molecular weight excluding hydrogens is 409 g/mol. The number of unbranched alkanes of at least 4 members (excludes halogenated alkanes) is 3. The number of halogens is 2. The van der Waals surface area contributed by atoms with Crippen LogP contribution in [0.5, 0.6) is 0 Å². The molecule has 2 rings (SSSR count). The zero-order chi connectivity index (χ0) is 21.1. The first-order chi connectivity index (χ1) is 14.0. The molecule has 4 nitrogen and oxygen atoms in total. The van der Waals surface area contributed by atoms with Crippen LogP contribution in [0.15, 0.2) is 30.3 Å². The van der Waals surface area contributed by atoms with E-state index in [4.69, 9.17) is 27.9 Å². The number of amides is 2. The Labute approximate surface area is 184 Å². The lowest BCUT2D eigenvalue weighted by Gasteiger charge is -2.22. The number of nitrogens with zero attached hydrogens (tertiary/aromatic N) is 1. The van der Waals surface area contributed by atoms with Crippen LogP contribution in [-0.4, -0.2) is 40.3 Å². The molecule has 1 fully saturated rings. The summed E-state index contributed by atoms with van der Waals surface area (Å²) >= 11 is 12.7. The van der Waals surface area contributed by atoms with Gasteiger partial charge in [0, 0.05) is 17.2 Å². The summed E-state index contributed by atoms with van der Waals surface area (Å²) in [5, 5.41) is -0.141. The van der Waals surface area contributed by atoms with Crippen molar-refractivity contribution in [3.8, 4) is 0 Å². The summed E-state index contributed by atoms with van der Waals surface area (Å²) in [7, 11) is 0. The second-order valence-electron chi connectivity index (χ2n) is 7.85. The van der Waals surface area contributed by atoms with Crippen molar-refractivity contribution in [3.63, 3.8) is 0 Å². The number of rotatable bonds is 13. The largest absolute Gasteiger partial charge is 0.447 e. The fraction of sp³-hybridized carbons (Fsp3) is 0.652. The minimum atomic E-state index is -0.538. The second-order valence-corrected chi connectivity index (χ2v) is 9.08. The Morgan fingerprint density at radius 1 is 1.14 bits per heavy atom. The van der Waals surface area contributed by atoms with E-state index >= 15 is 0 Å². The summed E-state index contributed by atoms with van der Waals surface area (Å²) in [6, 6.07) is 10.1. The Bertz CT molecular complexity index is 626. The van der Waals surface area contributed by atoms with Crippen LogP contribution in [0.4, 0.5) is 4.79 Å². The van der Waals surface area contributed by atoms with E-state index in [0.717, 1.165) is 44.9 Å². The van der Waals surface area contributed by atoms with Gasteiger partial charge in [0.25, 0.3) is 0 Å². The number of hydrogen-bond acceptors (Lipinski definition) is 3. The quantitative estimate of drug-likeness (QED) is 0.265. The number of hydrogen-bond donors (Lipinski definition) is 0. The smallest absolute Gasteiger partial charge is 0.416 e. The summed E-state index contributed by atoms with van der Waals surface area (Å²) in [4.78, 5) is 25.9. The van der Waals surface area contributed by atoms with Gasteiger partial charge in [0.05, 0.1) is 6.04 Å². The van der Waals surface area contributed by atoms with Crippen LogP contribution in [0, 0.1) is 0 Å². The van der Waals surface area contributed by atoms with Crippen molar-refractivity contribution >= 4 is 35.2 Å². The molecule has 3 atom stereocenters. The van der Waals surface area contributed by atoms with E-state index in [-0.39, 0.29) is 29.3 Å². The second kappa shape index (κ2) is 13.1. The van der Waals surface area contributed by atoms with Crippen LogP contribution in [0.2, 0.25) is 0 Å². The van der Waals surface area contributed by atoms with Gasteiger partial charge in [-0.15, -0.1) is 23.2 Å². The molecule has 1 aromatic rings. The van der Waals surface area contributed by atoms with E-state index < -0.39 is 6.09 Å². The van der Waals surface area contributed by atoms with E-state index in [1.54, 1.807) is 0 Å². The summed E-state index contributed by atoms with van der Waals surface area (Å²) in [6.45, 7) is 2.32. The van der Waals surface area contributed by atoms with Crippen molar-refractivity contribution in [2.24, 2.45) is 0 Å². The average Bonchev–Trinajstić information content (AvgIpc) is 3.05. The zero-order valence-corrected chi connectivity index (χ0v) is 18.8. The number of carbonyl (C=O) groups excluding carboxylic acids is 2. The third-order valence-electron chi connectivity index (χ3n) is 5.32. The van der Waals surface area contributed by atoms with Gasteiger partial charge in [-0.25, -0.2) is 9.69 Å². The molecule has 1 saturated heterocycles.